The van der Waals surface area contributed by atoms with Crippen LogP contribution in [-0.4, -0.2) is 0 Å². The Labute approximate surface area is 244 Å². The van der Waals surface area contributed by atoms with Crippen molar-refractivity contribution in [1.29, 1.82) is 0 Å². The molecule has 7 aromatic carbocycles. The molecule has 0 N–H and O–H groups in total. The zero-order valence-corrected chi connectivity index (χ0v) is 22.9. The second kappa shape index (κ2) is 10.1. The molecule has 0 aliphatic rings. The minimum atomic E-state index is 0.873. The van der Waals surface area contributed by atoms with Crippen LogP contribution in [0.1, 0.15) is 0 Å². The number of hydrogen-bond donors (Lipinski definition) is 0. The molecule has 0 radical (unpaired) electrons. The SMILES string of the molecule is c1ccc(-c2cc(-c3ccccc3)cc(N(c3cccc4ccccc34)c3cccc4c3oc3ccccc34)c2)cc1. The van der Waals surface area contributed by atoms with Crippen molar-refractivity contribution in [1.82, 2.24) is 0 Å². The first-order valence-corrected chi connectivity index (χ1v) is 14.3. The summed E-state index contributed by atoms with van der Waals surface area (Å²) in [5, 5.41) is 4.60. The third kappa shape index (κ3) is 4.13. The molecule has 0 aliphatic carbocycles. The fourth-order valence-electron chi connectivity index (χ4n) is 6.05. The van der Waals surface area contributed by atoms with Gasteiger partial charge in [-0.1, -0.05) is 127 Å². The summed E-state index contributed by atoms with van der Waals surface area (Å²) >= 11 is 0. The van der Waals surface area contributed by atoms with E-state index in [2.05, 4.69) is 157 Å². The molecule has 0 bridgehead atoms. The van der Waals surface area contributed by atoms with Gasteiger partial charge in [-0.3, -0.25) is 0 Å². The van der Waals surface area contributed by atoms with Crippen LogP contribution in [-0.2, 0) is 0 Å². The van der Waals surface area contributed by atoms with Crippen LogP contribution in [0.25, 0.3) is 55.0 Å². The predicted octanol–water partition coefficient (Wildman–Crippen LogP) is 11.5. The second-order valence-corrected chi connectivity index (χ2v) is 10.6. The van der Waals surface area contributed by atoms with E-state index in [1.54, 1.807) is 0 Å². The number of para-hydroxylation sites is 2. The van der Waals surface area contributed by atoms with Gasteiger partial charge >= 0.3 is 0 Å². The van der Waals surface area contributed by atoms with Gasteiger partial charge in [-0.05, 0) is 64.0 Å². The van der Waals surface area contributed by atoms with Gasteiger partial charge in [0.15, 0.2) is 5.58 Å². The molecule has 1 heterocycles. The Bertz CT molecular complexity index is 2130. The molecule has 0 spiro atoms. The highest BCUT2D eigenvalue weighted by atomic mass is 16.3. The molecular formula is C40H27NO. The van der Waals surface area contributed by atoms with Crippen molar-refractivity contribution >= 4 is 49.8 Å². The highest BCUT2D eigenvalue weighted by Crippen LogP contribution is 2.46. The van der Waals surface area contributed by atoms with Crippen LogP contribution in [0.15, 0.2) is 168 Å². The van der Waals surface area contributed by atoms with Crippen molar-refractivity contribution in [2.45, 2.75) is 0 Å². The number of benzene rings is 7. The van der Waals surface area contributed by atoms with Crippen LogP contribution in [0, 0.1) is 0 Å². The van der Waals surface area contributed by atoms with Crippen LogP contribution >= 0.6 is 0 Å². The number of fused-ring (bicyclic) bond motifs is 4. The van der Waals surface area contributed by atoms with E-state index in [1.165, 1.54) is 21.9 Å². The Morgan fingerprint density at radius 2 is 0.929 bits per heavy atom. The van der Waals surface area contributed by atoms with Gasteiger partial charge in [0, 0.05) is 21.8 Å². The van der Waals surface area contributed by atoms with Crippen molar-refractivity contribution in [2.75, 3.05) is 4.90 Å². The average molecular weight is 538 g/mol. The van der Waals surface area contributed by atoms with Gasteiger partial charge in [0.25, 0.3) is 0 Å². The van der Waals surface area contributed by atoms with E-state index in [0.717, 1.165) is 50.1 Å². The van der Waals surface area contributed by atoms with Crippen LogP contribution in [0.3, 0.4) is 0 Å². The third-order valence-electron chi connectivity index (χ3n) is 8.02. The van der Waals surface area contributed by atoms with E-state index in [9.17, 15) is 0 Å². The molecule has 1 aromatic heterocycles. The van der Waals surface area contributed by atoms with E-state index in [4.69, 9.17) is 4.42 Å². The molecule has 8 rings (SSSR count). The minimum absolute atomic E-state index is 0.873. The summed E-state index contributed by atoms with van der Waals surface area (Å²) in [5.41, 5.74) is 9.61. The Morgan fingerprint density at radius 1 is 0.381 bits per heavy atom. The maximum Gasteiger partial charge on any atom is 0.159 e. The first kappa shape index (κ1) is 24.2. The zero-order chi connectivity index (χ0) is 27.9. The molecule has 0 unspecified atom stereocenters. The number of anilines is 3. The van der Waals surface area contributed by atoms with Crippen molar-refractivity contribution in [2.24, 2.45) is 0 Å². The van der Waals surface area contributed by atoms with E-state index >= 15 is 0 Å². The molecule has 0 fully saturated rings. The summed E-state index contributed by atoms with van der Waals surface area (Å²) in [6.07, 6.45) is 0. The van der Waals surface area contributed by atoms with Gasteiger partial charge in [-0.15, -0.1) is 0 Å². The number of furan rings is 1. The number of hydrogen-bond acceptors (Lipinski definition) is 2. The summed E-state index contributed by atoms with van der Waals surface area (Å²) in [7, 11) is 0. The predicted molar refractivity (Wildman–Crippen MR) is 177 cm³/mol. The number of nitrogens with zero attached hydrogens (tertiary/aromatic N) is 1. The standard InChI is InChI=1S/C40H27NO/c1-3-13-28(14-4-1)31-25-32(29-15-5-2-6-16-29)27-33(26-31)41(37-22-11-18-30-17-7-8-19-34(30)37)38-23-12-21-36-35-20-9-10-24-39(35)42-40(36)38/h1-27H. The molecule has 0 saturated carbocycles. The van der Waals surface area contributed by atoms with E-state index in [-0.39, 0.29) is 0 Å². The van der Waals surface area contributed by atoms with Crippen molar-refractivity contribution in [3.05, 3.63) is 164 Å². The van der Waals surface area contributed by atoms with Crippen LogP contribution in [0.2, 0.25) is 0 Å². The zero-order valence-electron chi connectivity index (χ0n) is 22.9. The minimum Gasteiger partial charge on any atom is -0.454 e. The Kier molecular flexibility index (Phi) is 5.82. The van der Waals surface area contributed by atoms with E-state index in [0.29, 0.717) is 0 Å². The molecule has 2 nitrogen and oxygen atoms in total. The van der Waals surface area contributed by atoms with Gasteiger partial charge < -0.3 is 9.32 Å². The van der Waals surface area contributed by atoms with Crippen molar-refractivity contribution < 1.29 is 4.42 Å². The van der Waals surface area contributed by atoms with Gasteiger partial charge in [-0.25, -0.2) is 0 Å². The largest absolute Gasteiger partial charge is 0.454 e. The van der Waals surface area contributed by atoms with Crippen LogP contribution in [0.4, 0.5) is 17.1 Å². The summed E-state index contributed by atoms with van der Waals surface area (Å²) in [6, 6.07) is 58.0. The number of rotatable bonds is 5. The maximum absolute atomic E-state index is 6.61. The van der Waals surface area contributed by atoms with Crippen LogP contribution in [0.5, 0.6) is 0 Å². The molecular weight excluding hydrogens is 510 g/mol. The summed E-state index contributed by atoms with van der Waals surface area (Å²) < 4.78 is 6.61. The topological polar surface area (TPSA) is 16.4 Å². The fourth-order valence-corrected chi connectivity index (χ4v) is 6.05. The lowest BCUT2D eigenvalue weighted by Gasteiger charge is -2.28. The van der Waals surface area contributed by atoms with Gasteiger partial charge in [0.2, 0.25) is 0 Å². The molecule has 42 heavy (non-hydrogen) atoms. The second-order valence-electron chi connectivity index (χ2n) is 10.6. The lowest BCUT2D eigenvalue weighted by molar-refractivity contribution is 0.669. The first-order chi connectivity index (χ1) is 20.8. The van der Waals surface area contributed by atoms with Crippen molar-refractivity contribution in [3.8, 4) is 22.3 Å². The van der Waals surface area contributed by atoms with Gasteiger partial charge in [0.05, 0.1) is 11.4 Å². The van der Waals surface area contributed by atoms with Crippen LogP contribution < -0.4 is 4.90 Å². The van der Waals surface area contributed by atoms with Gasteiger partial charge in [-0.2, -0.15) is 0 Å². The van der Waals surface area contributed by atoms with Crippen molar-refractivity contribution in [3.63, 3.8) is 0 Å². The van der Waals surface area contributed by atoms with E-state index < -0.39 is 0 Å². The average Bonchev–Trinajstić information content (AvgIpc) is 3.45. The Morgan fingerprint density at radius 3 is 1.67 bits per heavy atom. The smallest absolute Gasteiger partial charge is 0.159 e. The molecule has 0 atom stereocenters. The third-order valence-corrected chi connectivity index (χ3v) is 8.02. The normalized spacial score (nSPS) is 11.3. The maximum atomic E-state index is 6.61. The molecule has 0 amide bonds. The molecule has 0 aliphatic heterocycles. The summed E-state index contributed by atoms with van der Waals surface area (Å²) in [5.74, 6) is 0. The first-order valence-electron chi connectivity index (χ1n) is 14.3. The molecule has 2 heteroatoms. The molecule has 0 saturated heterocycles. The molecule has 8 aromatic rings. The van der Waals surface area contributed by atoms with Gasteiger partial charge in [0.1, 0.15) is 5.58 Å². The molecule has 198 valence electrons. The summed E-state index contributed by atoms with van der Waals surface area (Å²) in [4.78, 5) is 2.37. The fraction of sp³-hybridized carbons (Fsp3) is 0. The van der Waals surface area contributed by atoms with E-state index in [1.807, 2.05) is 12.1 Å². The lowest BCUT2D eigenvalue weighted by Crippen LogP contribution is -2.11. The highest BCUT2D eigenvalue weighted by molar-refractivity contribution is 6.11. The monoisotopic (exact) mass is 537 g/mol. The quantitative estimate of drug-likeness (QED) is 0.217. The summed E-state index contributed by atoms with van der Waals surface area (Å²) in [6.45, 7) is 0. The Balaban J connectivity index is 1.47. The lowest BCUT2D eigenvalue weighted by atomic mass is 9.97. The highest BCUT2D eigenvalue weighted by Gasteiger charge is 2.22. The Hall–Kier alpha value is -5.60.